The van der Waals surface area contributed by atoms with Gasteiger partial charge in [0.1, 0.15) is 11.7 Å². The van der Waals surface area contributed by atoms with Crippen molar-refractivity contribution in [2.45, 2.75) is 22.3 Å². The van der Waals surface area contributed by atoms with Crippen LogP contribution in [-0.2, 0) is 11.3 Å². The molecule has 3 aromatic rings. The number of hydrogen-bond acceptors (Lipinski definition) is 6. The second-order valence-corrected chi connectivity index (χ2v) is 8.83. The number of aromatic nitrogens is 2. The molecule has 2 aliphatic heterocycles. The van der Waals surface area contributed by atoms with Crippen LogP contribution in [0.3, 0.4) is 0 Å². The molecule has 0 aromatic carbocycles. The first kappa shape index (κ1) is 16.1. The van der Waals surface area contributed by atoms with E-state index in [-0.39, 0.29) is 5.91 Å². The molecule has 1 atom stereocenters. The topological polar surface area (TPSA) is 55.3 Å². The Kier molecular flexibility index (Phi) is 3.70. The summed E-state index contributed by atoms with van der Waals surface area (Å²) in [5.74, 6) is 0.779. The second-order valence-electron chi connectivity index (χ2n) is 5.95. The molecule has 0 N–H and O–H groups in total. The summed E-state index contributed by atoms with van der Waals surface area (Å²) < 4.78 is 5.97. The average Bonchev–Trinajstić information content (AvgIpc) is 3.19. The van der Waals surface area contributed by atoms with Crippen LogP contribution in [0.4, 0.5) is 5.82 Å². The van der Waals surface area contributed by atoms with Crippen LogP contribution in [0.2, 0.25) is 4.34 Å². The van der Waals surface area contributed by atoms with Crippen LogP contribution in [0, 0.1) is 0 Å². The molecular formula is C18H12ClN3O2S2. The van der Waals surface area contributed by atoms with Gasteiger partial charge in [0, 0.05) is 32.5 Å². The molecule has 1 unspecified atom stereocenters. The quantitative estimate of drug-likeness (QED) is 0.653. The summed E-state index contributed by atoms with van der Waals surface area (Å²) in [6.07, 6.45) is 1.76. The van der Waals surface area contributed by atoms with Gasteiger partial charge < -0.3 is 4.74 Å². The first-order chi connectivity index (χ1) is 12.7. The van der Waals surface area contributed by atoms with Gasteiger partial charge >= 0.3 is 0 Å². The number of methoxy groups -OCH3 is 1. The molecule has 5 nitrogen and oxygen atoms in total. The minimum absolute atomic E-state index is 0.00762. The van der Waals surface area contributed by atoms with Gasteiger partial charge in [0.15, 0.2) is 0 Å². The van der Waals surface area contributed by atoms with E-state index < -0.39 is 5.92 Å². The Morgan fingerprint density at radius 2 is 2.12 bits per heavy atom. The number of ether oxygens (including phenoxy) is 1. The Morgan fingerprint density at radius 1 is 1.23 bits per heavy atom. The number of carbonyl (C=O) groups excluding carboxylic acids is 1. The van der Waals surface area contributed by atoms with Gasteiger partial charge in [-0.05, 0) is 24.3 Å². The van der Waals surface area contributed by atoms with Gasteiger partial charge in [-0.15, -0.1) is 11.3 Å². The molecule has 8 heteroatoms. The highest BCUT2D eigenvalue weighted by atomic mass is 35.5. The molecule has 0 aliphatic carbocycles. The predicted molar refractivity (Wildman–Crippen MR) is 102 cm³/mol. The maximum Gasteiger partial charge on any atom is 0.242 e. The molecule has 0 bridgehead atoms. The normalized spacial score (nSPS) is 17.2. The number of carbonyl (C=O) groups is 1. The number of amides is 1. The minimum atomic E-state index is -0.435. The van der Waals surface area contributed by atoms with Crippen LogP contribution in [0.25, 0.3) is 0 Å². The van der Waals surface area contributed by atoms with Crippen molar-refractivity contribution < 1.29 is 9.53 Å². The van der Waals surface area contributed by atoms with E-state index in [1.807, 2.05) is 30.3 Å². The van der Waals surface area contributed by atoms with Gasteiger partial charge in [0.05, 0.1) is 23.7 Å². The van der Waals surface area contributed by atoms with Crippen LogP contribution in [0.15, 0.2) is 46.3 Å². The maximum atomic E-state index is 13.3. The van der Waals surface area contributed by atoms with E-state index in [9.17, 15) is 4.79 Å². The third-order valence-corrected chi connectivity index (χ3v) is 6.85. The third-order valence-electron chi connectivity index (χ3n) is 4.49. The number of rotatable bonds is 3. The predicted octanol–water partition coefficient (Wildman–Crippen LogP) is 4.34. The van der Waals surface area contributed by atoms with Crippen molar-refractivity contribution in [2.75, 3.05) is 12.0 Å². The molecule has 0 spiro atoms. The van der Waals surface area contributed by atoms with Crippen molar-refractivity contribution >= 4 is 46.4 Å². The van der Waals surface area contributed by atoms with Crippen molar-refractivity contribution in [3.8, 4) is 5.88 Å². The van der Waals surface area contributed by atoms with E-state index in [0.717, 1.165) is 25.9 Å². The average molecular weight is 402 g/mol. The minimum Gasteiger partial charge on any atom is -0.481 e. The lowest BCUT2D eigenvalue weighted by Crippen LogP contribution is -2.29. The SMILES string of the molecule is COc1ccc2c(n1)C1C(=O)N(Cc3ccc(Cl)s3)c3nccc(c31)S2. The van der Waals surface area contributed by atoms with Gasteiger partial charge in [0.25, 0.3) is 0 Å². The number of thiophene rings is 1. The third kappa shape index (κ3) is 2.35. The largest absolute Gasteiger partial charge is 0.481 e. The first-order valence-electron chi connectivity index (χ1n) is 7.93. The molecule has 5 heterocycles. The summed E-state index contributed by atoms with van der Waals surface area (Å²) in [7, 11) is 1.58. The fourth-order valence-corrected chi connectivity index (χ4v) is 5.54. The zero-order chi connectivity index (χ0) is 17.8. The number of halogens is 1. The summed E-state index contributed by atoms with van der Waals surface area (Å²) in [6.45, 7) is 0.458. The summed E-state index contributed by atoms with van der Waals surface area (Å²) in [6, 6.07) is 9.54. The second kappa shape index (κ2) is 5.97. The van der Waals surface area contributed by atoms with E-state index in [1.54, 1.807) is 30.0 Å². The van der Waals surface area contributed by atoms with Crippen molar-refractivity contribution in [2.24, 2.45) is 0 Å². The monoisotopic (exact) mass is 401 g/mol. The molecular weight excluding hydrogens is 390 g/mol. The summed E-state index contributed by atoms with van der Waals surface area (Å²) in [4.78, 5) is 27.2. The van der Waals surface area contributed by atoms with Gasteiger partial charge in [-0.25, -0.2) is 9.97 Å². The van der Waals surface area contributed by atoms with Crippen LogP contribution in [0.1, 0.15) is 22.1 Å². The summed E-state index contributed by atoms with van der Waals surface area (Å²) >= 11 is 9.14. The highest BCUT2D eigenvalue weighted by molar-refractivity contribution is 7.99. The van der Waals surface area contributed by atoms with Gasteiger partial charge in [-0.1, -0.05) is 23.4 Å². The molecule has 0 fully saturated rings. The summed E-state index contributed by atoms with van der Waals surface area (Å²) in [5.41, 5.74) is 1.69. The summed E-state index contributed by atoms with van der Waals surface area (Å²) in [5, 5.41) is 0. The van der Waals surface area contributed by atoms with Gasteiger partial charge in [-0.3, -0.25) is 9.69 Å². The molecule has 0 saturated heterocycles. The van der Waals surface area contributed by atoms with E-state index in [0.29, 0.717) is 22.6 Å². The maximum absolute atomic E-state index is 13.3. The smallest absolute Gasteiger partial charge is 0.242 e. The Balaban J connectivity index is 1.64. The Labute approximate surface area is 163 Å². The van der Waals surface area contributed by atoms with Crippen molar-refractivity contribution in [1.29, 1.82) is 0 Å². The molecule has 3 aromatic heterocycles. The zero-order valence-corrected chi connectivity index (χ0v) is 16.0. The lowest BCUT2D eigenvalue weighted by Gasteiger charge is -2.21. The van der Waals surface area contributed by atoms with Crippen molar-refractivity contribution in [3.05, 3.63) is 57.0 Å². The molecule has 0 radical (unpaired) electrons. The van der Waals surface area contributed by atoms with Crippen LogP contribution in [0.5, 0.6) is 5.88 Å². The van der Waals surface area contributed by atoms with E-state index >= 15 is 0 Å². The van der Waals surface area contributed by atoms with Crippen molar-refractivity contribution in [1.82, 2.24) is 9.97 Å². The zero-order valence-electron chi connectivity index (χ0n) is 13.6. The van der Waals surface area contributed by atoms with Crippen LogP contribution >= 0.6 is 34.7 Å². The standard InChI is InChI=1S/C18H12ClN3O2S2/c1-24-13-5-3-11-16(21-13)15-14-10(26-11)6-7-20-17(14)22(18(15)23)8-9-2-4-12(19)25-9/h2-7,15H,8H2,1H3. The molecule has 130 valence electrons. The number of fused-ring (bicyclic) bond motifs is 2. The number of anilines is 1. The van der Waals surface area contributed by atoms with Crippen LogP contribution < -0.4 is 9.64 Å². The van der Waals surface area contributed by atoms with E-state index in [4.69, 9.17) is 16.3 Å². The molecule has 1 amide bonds. The van der Waals surface area contributed by atoms with E-state index in [2.05, 4.69) is 9.97 Å². The fraction of sp³-hybridized carbons (Fsp3) is 0.167. The highest BCUT2D eigenvalue weighted by Gasteiger charge is 2.45. The molecule has 5 rings (SSSR count). The molecule has 0 saturated carbocycles. The lowest BCUT2D eigenvalue weighted by molar-refractivity contribution is -0.118. The highest BCUT2D eigenvalue weighted by Crippen LogP contribution is 2.52. The van der Waals surface area contributed by atoms with Gasteiger partial charge in [0.2, 0.25) is 11.8 Å². The fourth-order valence-electron chi connectivity index (χ4n) is 3.37. The lowest BCUT2D eigenvalue weighted by atomic mass is 9.97. The van der Waals surface area contributed by atoms with Crippen LogP contribution in [-0.4, -0.2) is 23.0 Å². The Bertz CT molecular complexity index is 1050. The number of pyridine rings is 2. The first-order valence-corrected chi connectivity index (χ1v) is 9.94. The number of hydrogen-bond donors (Lipinski definition) is 0. The molecule has 26 heavy (non-hydrogen) atoms. The Hall–Kier alpha value is -2.09. The van der Waals surface area contributed by atoms with E-state index in [1.165, 1.54) is 11.3 Å². The van der Waals surface area contributed by atoms with Gasteiger partial charge in [-0.2, -0.15) is 0 Å². The number of nitrogens with zero attached hydrogens (tertiary/aromatic N) is 3. The van der Waals surface area contributed by atoms with Crippen molar-refractivity contribution in [3.63, 3.8) is 0 Å². The molecule has 2 aliphatic rings. The Morgan fingerprint density at radius 3 is 2.88 bits per heavy atom.